The molecule has 2 aromatic heterocycles. The summed E-state index contributed by atoms with van der Waals surface area (Å²) in [5.74, 6) is 0.472. The van der Waals surface area contributed by atoms with Gasteiger partial charge in [0.15, 0.2) is 5.76 Å². The molecule has 0 radical (unpaired) electrons. The molecule has 35 heavy (non-hydrogen) atoms. The topological polar surface area (TPSA) is 96.3 Å². The van der Waals surface area contributed by atoms with Crippen molar-refractivity contribution in [3.05, 3.63) is 77.3 Å². The van der Waals surface area contributed by atoms with Gasteiger partial charge in [-0.3, -0.25) is 14.6 Å². The van der Waals surface area contributed by atoms with Gasteiger partial charge >= 0.3 is 0 Å². The lowest BCUT2D eigenvalue weighted by atomic mass is 9.83. The summed E-state index contributed by atoms with van der Waals surface area (Å²) in [5, 5.41) is 9.02. The average molecular weight is 475 g/mol. The van der Waals surface area contributed by atoms with Crippen LogP contribution < -0.4 is 16.0 Å². The van der Waals surface area contributed by atoms with E-state index in [9.17, 15) is 9.59 Å². The van der Waals surface area contributed by atoms with Crippen molar-refractivity contribution in [2.45, 2.75) is 58.2 Å². The fraction of sp³-hybridized carbons (Fsp3) is 0.393. The molecule has 1 unspecified atom stereocenters. The minimum Gasteiger partial charge on any atom is -0.451 e. The highest BCUT2D eigenvalue weighted by Crippen LogP contribution is 2.27. The lowest BCUT2D eigenvalue weighted by Gasteiger charge is -2.29. The van der Waals surface area contributed by atoms with Gasteiger partial charge in [-0.05, 0) is 55.0 Å². The standard InChI is InChI=1S/C28H34N4O3/c1-19-7-6-16-31-23(19)18-30-17-20-10-12-21(13-11-20)24-14-15-25(35-24)27(33)32-26(28(34)29-2)22-8-4-3-5-9-22/h6-7,10-16,22,26,30H,3-5,8-9,17-18H2,1-2H3,(H,29,34)(H,32,33). The maximum atomic E-state index is 12.9. The first-order valence-electron chi connectivity index (χ1n) is 12.4. The zero-order valence-corrected chi connectivity index (χ0v) is 20.5. The number of pyridine rings is 1. The Kier molecular flexibility index (Phi) is 8.32. The van der Waals surface area contributed by atoms with E-state index in [0.29, 0.717) is 12.3 Å². The van der Waals surface area contributed by atoms with Crippen molar-refractivity contribution in [2.75, 3.05) is 7.05 Å². The van der Waals surface area contributed by atoms with Gasteiger partial charge in [-0.15, -0.1) is 0 Å². The predicted molar refractivity (Wildman–Crippen MR) is 136 cm³/mol. The first-order chi connectivity index (χ1) is 17.0. The number of furan rings is 1. The van der Waals surface area contributed by atoms with Crippen molar-refractivity contribution in [2.24, 2.45) is 5.92 Å². The summed E-state index contributed by atoms with van der Waals surface area (Å²) in [6.45, 7) is 3.50. The summed E-state index contributed by atoms with van der Waals surface area (Å²) >= 11 is 0. The van der Waals surface area contributed by atoms with Crippen molar-refractivity contribution >= 4 is 11.8 Å². The quantitative estimate of drug-likeness (QED) is 0.428. The highest BCUT2D eigenvalue weighted by Gasteiger charge is 2.31. The summed E-state index contributed by atoms with van der Waals surface area (Å²) < 4.78 is 5.86. The Bertz CT molecular complexity index is 1130. The van der Waals surface area contributed by atoms with Gasteiger partial charge in [0, 0.05) is 31.9 Å². The van der Waals surface area contributed by atoms with E-state index in [4.69, 9.17) is 4.42 Å². The first kappa shape index (κ1) is 24.7. The number of carbonyl (C=O) groups is 2. The molecule has 184 valence electrons. The molecule has 1 fully saturated rings. The fourth-order valence-electron chi connectivity index (χ4n) is 4.66. The number of carbonyl (C=O) groups excluding carboxylic acids is 2. The number of likely N-dealkylation sites (N-methyl/N-ethyl adjacent to an activating group) is 1. The summed E-state index contributed by atoms with van der Waals surface area (Å²) in [4.78, 5) is 29.7. The molecular formula is C28H34N4O3. The molecule has 1 aliphatic carbocycles. The molecule has 1 atom stereocenters. The van der Waals surface area contributed by atoms with Crippen LogP contribution in [-0.4, -0.2) is 29.9 Å². The molecule has 1 saturated carbocycles. The summed E-state index contributed by atoms with van der Waals surface area (Å²) in [6.07, 6.45) is 7.08. The van der Waals surface area contributed by atoms with E-state index in [1.807, 2.05) is 36.5 Å². The number of nitrogens with zero attached hydrogens (tertiary/aromatic N) is 1. The van der Waals surface area contributed by atoms with Crippen LogP contribution in [0.15, 0.2) is 59.1 Å². The smallest absolute Gasteiger partial charge is 0.287 e. The number of aromatic nitrogens is 1. The Morgan fingerprint density at radius 2 is 1.80 bits per heavy atom. The third-order valence-corrected chi connectivity index (χ3v) is 6.74. The Morgan fingerprint density at radius 3 is 2.51 bits per heavy atom. The van der Waals surface area contributed by atoms with Gasteiger partial charge < -0.3 is 20.4 Å². The van der Waals surface area contributed by atoms with Crippen molar-refractivity contribution in [3.63, 3.8) is 0 Å². The second kappa shape index (κ2) is 11.8. The van der Waals surface area contributed by atoms with Crippen LogP contribution in [-0.2, 0) is 17.9 Å². The third-order valence-electron chi connectivity index (χ3n) is 6.74. The SMILES string of the molecule is CNC(=O)C(NC(=O)c1ccc(-c2ccc(CNCc3ncccc3C)cc2)o1)C1CCCCC1. The monoisotopic (exact) mass is 474 g/mol. The van der Waals surface area contributed by atoms with E-state index in [0.717, 1.165) is 49.0 Å². The molecule has 0 bridgehead atoms. The molecule has 3 aromatic rings. The lowest BCUT2D eigenvalue weighted by Crippen LogP contribution is -2.50. The fourth-order valence-corrected chi connectivity index (χ4v) is 4.66. The Balaban J connectivity index is 1.35. The lowest BCUT2D eigenvalue weighted by molar-refractivity contribution is -0.124. The third kappa shape index (κ3) is 6.36. The van der Waals surface area contributed by atoms with Gasteiger partial charge in [-0.25, -0.2) is 0 Å². The van der Waals surface area contributed by atoms with Crippen molar-refractivity contribution in [1.29, 1.82) is 0 Å². The van der Waals surface area contributed by atoms with E-state index >= 15 is 0 Å². The van der Waals surface area contributed by atoms with Crippen LogP contribution >= 0.6 is 0 Å². The normalized spacial score (nSPS) is 14.9. The minimum absolute atomic E-state index is 0.153. The zero-order chi connectivity index (χ0) is 24.6. The average Bonchev–Trinajstić information content (AvgIpc) is 3.39. The van der Waals surface area contributed by atoms with Crippen LogP contribution in [0.5, 0.6) is 0 Å². The van der Waals surface area contributed by atoms with Crippen molar-refractivity contribution in [3.8, 4) is 11.3 Å². The molecule has 4 rings (SSSR count). The Hall–Kier alpha value is -3.45. The van der Waals surface area contributed by atoms with Crippen LogP contribution in [0.4, 0.5) is 0 Å². The molecule has 0 saturated heterocycles. The number of amides is 2. The maximum Gasteiger partial charge on any atom is 0.287 e. The largest absolute Gasteiger partial charge is 0.451 e. The summed E-state index contributed by atoms with van der Waals surface area (Å²) in [5.41, 5.74) is 4.26. The van der Waals surface area contributed by atoms with Crippen LogP contribution in [0.3, 0.4) is 0 Å². The Labute approximate surface area is 206 Å². The van der Waals surface area contributed by atoms with E-state index in [1.165, 1.54) is 12.0 Å². The number of aryl methyl sites for hydroxylation is 1. The summed E-state index contributed by atoms with van der Waals surface area (Å²) in [7, 11) is 1.61. The van der Waals surface area contributed by atoms with Crippen LogP contribution in [0.1, 0.15) is 59.5 Å². The maximum absolute atomic E-state index is 12.9. The molecule has 0 spiro atoms. The van der Waals surface area contributed by atoms with E-state index < -0.39 is 6.04 Å². The first-order valence-corrected chi connectivity index (χ1v) is 12.4. The van der Waals surface area contributed by atoms with Gasteiger partial charge in [0.1, 0.15) is 11.8 Å². The van der Waals surface area contributed by atoms with E-state index in [2.05, 4.69) is 33.9 Å². The molecule has 7 heteroatoms. The van der Waals surface area contributed by atoms with Gasteiger partial charge in [0.25, 0.3) is 5.91 Å². The van der Waals surface area contributed by atoms with Crippen LogP contribution in [0, 0.1) is 12.8 Å². The van der Waals surface area contributed by atoms with E-state index in [1.54, 1.807) is 19.2 Å². The molecule has 1 aliphatic rings. The van der Waals surface area contributed by atoms with Gasteiger partial charge in [-0.1, -0.05) is 49.6 Å². The molecule has 0 aliphatic heterocycles. The predicted octanol–water partition coefficient (Wildman–Crippen LogP) is 4.36. The minimum atomic E-state index is -0.539. The molecular weight excluding hydrogens is 440 g/mol. The molecule has 2 heterocycles. The number of rotatable bonds is 9. The number of hydrogen-bond donors (Lipinski definition) is 3. The van der Waals surface area contributed by atoms with E-state index in [-0.39, 0.29) is 23.5 Å². The van der Waals surface area contributed by atoms with Gasteiger partial charge in [0.2, 0.25) is 5.91 Å². The molecule has 7 nitrogen and oxygen atoms in total. The number of hydrogen-bond acceptors (Lipinski definition) is 5. The zero-order valence-electron chi connectivity index (χ0n) is 20.5. The highest BCUT2D eigenvalue weighted by atomic mass is 16.4. The number of benzene rings is 1. The van der Waals surface area contributed by atoms with Crippen molar-refractivity contribution < 1.29 is 14.0 Å². The molecule has 3 N–H and O–H groups in total. The van der Waals surface area contributed by atoms with Crippen LogP contribution in [0.25, 0.3) is 11.3 Å². The summed E-state index contributed by atoms with van der Waals surface area (Å²) in [6, 6.07) is 15.0. The Morgan fingerprint density at radius 1 is 1.03 bits per heavy atom. The second-order valence-electron chi connectivity index (χ2n) is 9.19. The number of nitrogens with one attached hydrogen (secondary N) is 3. The van der Waals surface area contributed by atoms with Gasteiger partial charge in [-0.2, -0.15) is 0 Å². The van der Waals surface area contributed by atoms with Gasteiger partial charge in [0.05, 0.1) is 5.69 Å². The molecule has 2 amide bonds. The van der Waals surface area contributed by atoms with Crippen LogP contribution in [0.2, 0.25) is 0 Å². The van der Waals surface area contributed by atoms with Crippen molar-refractivity contribution in [1.82, 2.24) is 20.9 Å². The highest BCUT2D eigenvalue weighted by molar-refractivity contribution is 5.96. The second-order valence-corrected chi connectivity index (χ2v) is 9.19. The molecule has 1 aromatic carbocycles.